The smallest absolute Gasteiger partial charge is 0.0388 e. The number of likely N-dealkylation sites (tertiary alicyclic amines) is 1. The van der Waals surface area contributed by atoms with Crippen molar-refractivity contribution in [3.8, 4) is 0 Å². The lowest BCUT2D eigenvalue weighted by atomic mass is 9.48. The number of hydrogen-bond acceptors (Lipinski definition) is 2. The monoisotopic (exact) mass is 290 g/mol. The highest BCUT2D eigenvalue weighted by Crippen LogP contribution is 2.60. The van der Waals surface area contributed by atoms with Crippen LogP contribution in [0.5, 0.6) is 0 Å². The van der Waals surface area contributed by atoms with Crippen molar-refractivity contribution in [3.05, 3.63) is 0 Å². The molecule has 4 saturated carbocycles. The van der Waals surface area contributed by atoms with E-state index in [2.05, 4.69) is 11.8 Å². The second-order valence-corrected chi connectivity index (χ2v) is 8.69. The SMILES string of the molecule is CCC1CCCN(C2(CN)C3CC4CC(C3)CC2C4)CC1. The van der Waals surface area contributed by atoms with Gasteiger partial charge in [-0.1, -0.05) is 13.3 Å². The summed E-state index contributed by atoms with van der Waals surface area (Å²) in [5.74, 6) is 4.94. The third-order valence-electron chi connectivity index (χ3n) is 7.89. The van der Waals surface area contributed by atoms with E-state index in [0.29, 0.717) is 5.54 Å². The molecule has 4 aliphatic carbocycles. The third kappa shape index (κ3) is 2.20. The van der Waals surface area contributed by atoms with Crippen molar-refractivity contribution in [2.24, 2.45) is 35.3 Å². The highest BCUT2D eigenvalue weighted by atomic mass is 15.2. The molecule has 5 fully saturated rings. The van der Waals surface area contributed by atoms with Gasteiger partial charge >= 0.3 is 0 Å². The first-order valence-corrected chi connectivity index (χ1v) is 9.71. The Kier molecular flexibility index (Phi) is 3.82. The van der Waals surface area contributed by atoms with Crippen molar-refractivity contribution in [1.29, 1.82) is 0 Å². The van der Waals surface area contributed by atoms with Crippen LogP contribution in [-0.4, -0.2) is 30.1 Å². The molecular formula is C19H34N2. The maximum absolute atomic E-state index is 6.50. The van der Waals surface area contributed by atoms with Gasteiger partial charge in [-0.2, -0.15) is 0 Å². The van der Waals surface area contributed by atoms with Gasteiger partial charge in [0.25, 0.3) is 0 Å². The molecule has 0 spiro atoms. The summed E-state index contributed by atoms with van der Waals surface area (Å²) >= 11 is 0. The Morgan fingerprint density at radius 3 is 2.19 bits per heavy atom. The molecule has 2 heteroatoms. The van der Waals surface area contributed by atoms with Gasteiger partial charge in [-0.15, -0.1) is 0 Å². The standard InChI is InChI=1S/C19H34N2/c1-2-14-4-3-6-21(7-5-14)19(13-20)17-9-15-8-16(11-17)12-18(19)10-15/h14-18H,2-13,20H2,1H3. The van der Waals surface area contributed by atoms with Gasteiger partial charge in [0.15, 0.2) is 0 Å². The number of nitrogens with zero attached hydrogens (tertiary/aromatic N) is 1. The number of rotatable bonds is 3. The van der Waals surface area contributed by atoms with Crippen molar-refractivity contribution >= 4 is 0 Å². The Bertz CT molecular complexity index is 350. The maximum Gasteiger partial charge on any atom is 0.0388 e. The summed E-state index contributed by atoms with van der Waals surface area (Å²) in [5, 5.41) is 0. The lowest BCUT2D eigenvalue weighted by Gasteiger charge is -2.64. The molecule has 5 rings (SSSR count). The van der Waals surface area contributed by atoms with Gasteiger partial charge in [0.1, 0.15) is 0 Å². The first-order valence-electron chi connectivity index (χ1n) is 9.71. The van der Waals surface area contributed by atoms with Gasteiger partial charge < -0.3 is 5.73 Å². The minimum atomic E-state index is 0.399. The highest BCUT2D eigenvalue weighted by Gasteiger charge is 2.58. The average Bonchev–Trinajstić information content (AvgIpc) is 2.73. The van der Waals surface area contributed by atoms with Crippen LogP contribution in [0.25, 0.3) is 0 Å². The zero-order valence-electron chi connectivity index (χ0n) is 13.9. The summed E-state index contributed by atoms with van der Waals surface area (Å²) in [6, 6.07) is 0. The van der Waals surface area contributed by atoms with Crippen LogP contribution < -0.4 is 5.73 Å². The lowest BCUT2D eigenvalue weighted by Crippen LogP contribution is -2.69. The van der Waals surface area contributed by atoms with Crippen LogP contribution in [0.15, 0.2) is 0 Å². The van der Waals surface area contributed by atoms with Gasteiger partial charge in [0.2, 0.25) is 0 Å². The zero-order valence-corrected chi connectivity index (χ0v) is 13.9. The van der Waals surface area contributed by atoms with Gasteiger partial charge in [-0.3, -0.25) is 4.90 Å². The van der Waals surface area contributed by atoms with E-state index in [4.69, 9.17) is 5.73 Å². The molecular weight excluding hydrogens is 256 g/mol. The molecule has 0 amide bonds. The second kappa shape index (κ2) is 5.53. The van der Waals surface area contributed by atoms with E-state index in [0.717, 1.165) is 36.1 Å². The first-order chi connectivity index (χ1) is 10.3. The van der Waals surface area contributed by atoms with Crippen molar-refractivity contribution in [2.75, 3.05) is 19.6 Å². The van der Waals surface area contributed by atoms with E-state index in [1.54, 1.807) is 6.42 Å². The van der Waals surface area contributed by atoms with Gasteiger partial charge in [-0.05, 0) is 94.0 Å². The molecule has 0 radical (unpaired) electrons. The van der Waals surface area contributed by atoms with Crippen LogP contribution in [0.1, 0.15) is 64.7 Å². The molecule has 4 bridgehead atoms. The van der Waals surface area contributed by atoms with Gasteiger partial charge in [0, 0.05) is 12.1 Å². The van der Waals surface area contributed by atoms with Crippen molar-refractivity contribution in [3.63, 3.8) is 0 Å². The fourth-order valence-electron chi connectivity index (χ4n) is 6.97. The molecule has 21 heavy (non-hydrogen) atoms. The highest BCUT2D eigenvalue weighted by molar-refractivity contribution is 5.12. The molecule has 1 atom stereocenters. The summed E-state index contributed by atoms with van der Waals surface area (Å²) in [4.78, 5) is 2.91. The van der Waals surface area contributed by atoms with Crippen LogP contribution in [0.3, 0.4) is 0 Å². The van der Waals surface area contributed by atoms with Crippen molar-refractivity contribution < 1.29 is 0 Å². The van der Waals surface area contributed by atoms with Gasteiger partial charge in [0.05, 0.1) is 0 Å². The minimum absolute atomic E-state index is 0.399. The molecule has 120 valence electrons. The lowest BCUT2D eigenvalue weighted by molar-refractivity contribution is -0.130. The quantitative estimate of drug-likeness (QED) is 0.859. The Balaban J connectivity index is 1.58. The molecule has 1 unspecified atom stereocenters. The van der Waals surface area contributed by atoms with Crippen LogP contribution in [0.4, 0.5) is 0 Å². The van der Waals surface area contributed by atoms with Crippen LogP contribution in [-0.2, 0) is 0 Å². The first kappa shape index (κ1) is 14.5. The van der Waals surface area contributed by atoms with Gasteiger partial charge in [-0.25, -0.2) is 0 Å². The maximum atomic E-state index is 6.50. The Labute approximate surface area is 130 Å². The molecule has 0 aromatic heterocycles. The fourth-order valence-corrected chi connectivity index (χ4v) is 6.97. The molecule has 1 heterocycles. The molecule has 0 aromatic rings. The van der Waals surface area contributed by atoms with E-state index in [9.17, 15) is 0 Å². The molecule has 0 aromatic carbocycles. The van der Waals surface area contributed by atoms with Crippen LogP contribution in [0, 0.1) is 29.6 Å². The van der Waals surface area contributed by atoms with E-state index >= 15 is 0 Å². The number of hydrogen-bond donors (Lipinski definition) is 1. The van der Waals surface area contributed by atoms with Crippen LogP contribution in [0.2, 0.25) is 0 Å². The Morgan fingerprint density at radius 2 is 1.62 bits per heavy atom. The minimum Gasteiger partial charge on any atom is -0.329 e. The van der Waals surface area contributed by atoms with Crippen LogP contribution >= 0.6 is 0 Å². The second-order valence-electron chi connectivity index (χ2n) is 8.69. The normalized spacial score (nSPS) is 50.3. The molecule has 1 aliphatic heterocycles. The van der Waals surface area contributed by atoms with E-state index in [-0.39, 0.29) is 0 Å². The molecule has 5 aliphatic rings. The Hall–Kier alpha value is -0.0800. The topological polar surface area (TPSA) is 29.3 Å². The summed E-state index contributed by atoms with van der Waals surface area (Å²) in [6.07, 6.45) is 13.2. The van der Waals surface area contributed by atoms with E-state index in [1.165, 1.54) is 64.5 Å². The summed E-state index contributed by atoms with van der Waals surface area (Å²) < 4.78 is 0. The Morgan fingerprint density at radius 1 is 0.952 bits per heavy atom. The summed E-state index contributed by atoms with van der Waals surface area (Å²) in [7, 11) is 0. The molecule has 1 saturated heterocycles. The van der Waals surface area contributed by atoms with Crippen molar-refractivity contribution in [1.82, 2.24) is 4.90 Å². The molecule has 2 N–H and O–H groups in total. The predicted molar refractivity (Wildman–Crippen MR) is 88.0 cm³/mol. The third-order valence-corrected chi connectivity index (χ3v) is 7.89. The fraction of sp³-hybridized carbons (Fsp3) is 1.00. The largest absolute Gasteiger partial charge is 0.329 e. The predicted octanol–water partition coefficient (Wildman–Crippen LogP) is 3.65. The van der Waals surface area contributed by atoms with E-state index in [1.807, 2.05) is 0 Å². The van der Waals surface area contributed by atoms with E-state index < -0.39 is 0 Å². The zero-order chi connectivity index (χ0) is 14.4. The summed E-state index contributed by atoms with van der Waals surface area (Å²) in [6.45, 7) is 5.97. The van der Waals surface area contributed by atoms with Crippen molar-refractivity contribution in [2.45, 2.75) is 70.3 Å². The number of nitrogens with two attached hydrogens (primary N) is 1. The summed E-state index contributed by atoms with van der Waals surface area (Å²) in [5.41, 5.74) is 6.90. The molecule has 2 nitrogen and oxygen atoms in total. The average molecular weight is 290 g/mol.